The highest BCUT2D eigenvalue weighted by atomic mass is 35.5. The van der Waals surface area contributed by atoms with Crippen molar-refractivity contribution in [3.05, 3.63) is 63.8 Å². The van der Waals surface area contributed by atoms with Gasteiger partial charge >= 0.3 is 5.97 Å². The van der Waals surface area contributed by atoms with Crippen molar-refractivity contribution in [2.24, 2.45) is 5.92 Å². The maximum atomic E-state index is 14.6. The van der Waals surface area contributed by atoms with Crippen molar-refractivity contribution in [1.29, 1.82) is 0 Å². The maximum absolute atomic E-state index is 14.6. The van der Waals surface area contributed by atoms with Crippen molar-refractivity contribution in [2.75, 3.05) is 38.6 Å². The maximum Gasteiger partial charge on any atom is 0.306 e. The lowest BCUT2D eigenvalue weighted by atomic mass is 9.87. The molecule has 0 radical (unpaired) electrons. The van der Waals surface area contributed by atoms with Gasteiger partial charge in [-0.05, 0) is 62.3 Å². The molecule has 3 fully saturated rings. The summed E-state index contributed by atoms with van der Waals surface area (Å²) in [4.78, 5) is 43.4. The van der Waals surface area contributed by atoms with Crippen LogP contribution in [-0.4, -0.2) is 83.9 Å². The Hall–Kier alpha value is -2.99. The third kappa shape index (κ3) is 6.37. The minimum Gasteiger partial charge on any atom is -0.481 e. The van der Waals surface area contributed by atoms with E-state index in [4.69, 9.17) is 37.1 Å². The molecule has 3 aromatic rings. The van der Waals surface area contributed by atoms with Crippen molar-refractivity contribution in [3.8, 4) is 0 Å². The number of carbonyl (C=O) groups excluding carboxylic acids is 2. The highest BCUT2D eigenvalue weighted by Crippen LogP contribution is 2.39. The second-order valence-electron chi connectivity index (χ2n) is 12.1. The molecule has 1 aliphatic carbocycles. The van der Waals surface area contributed by atoms with Gasteiger partial charge in [0.15, 0.2) is 5.78 Å². The van der Waals surface area contributed by atoms with E-state index in [-0.39, 0.29) is 34.5 Å². The number of para-hydroxylation sites is 1. The number of furan rings is 1. The number of hydrogen-bond acceptors (Lipinski definition) is 8. The van der Waals surface area contributed by atoms with Crippen LogP contribution >= 0.6 is 23.2 Å². The Morgan fingerprint density at radius 1 is 1.00 bits per heavy atom. The van der Waals surface area contributed by atoms with E-state index in [2.05, 4.69) is 10.2 Å². The molecule has 45 heavy (non-hydrogen) atoms. The molecule has 3 heterocycles. The molecule has 1 saturated carbocycles. The second kappa shape index (κ2) is 13.4. The Kier molecular flexibility index (Phi) is 9.52. The number of ketones is 1. The zero-order valence-corrected chi connectivity index (χ0v) is 26.6. The third-order valence-corrected chi connectivity index (χ3v) is 9.99. The number of aliphatic carboxylic acids is 1. The van der Waals surface area contributed by atoms with E-state index in [1.807, 2.05) is 17.0 Å². The molecule has 3 aliphatic rings. The summed E-state index contributed by atoms with van der Waals surface area (Å²) in [5.41, 5.74) is 1.80. The molecule has 1 amide bonds. The molecule has 0 spiro atoms. The van der Waals surface area contributed by atoms with Gasteiger partial charge in [0.1, 0.15) is 11.8 Å². The molecular formula is C33H37Cl2N3O7. The van der Waals surface area contributed by atoms with E-state index in [1.54, 1.807) is 31.4 Å². The fourth-order valence-electron chi connectivity index (χ4n) is 6.73. The molecule has 2 saturated heterocycles. The first-order chi connectivity index (χ1) is 21.7. The molecule has 240 valence electrons. The zero-order chi connectivity index (χ0) is 31.7. The summed E-state index contributed by atoms with van der Waals surface area (Å²) in [7, 11) is 1.66. The summed E-state index contributed by atoms with van der Waals surface area (Å²) in [6.07, 6.45) is 5.11. The van der Waals surface area contributed by atoms with Crippen molar-refractivity contribution in [3.63, 3.8) is 0 Å². The number of anilines is 1. The van der Waals surface area contributed by atoms with E-state index in [0.29, 0.717) is 79.6 Å². The van der Waals surface area contributed by atoms with Crippen LogP contribution < -0.4 is 5.32 Å². The van der Waals surface area contributed by atoms with Gasteiger partial charge in [0.2, 0.25) is 5.85 Å². The SMILES string of the molecule is COC1CN(C(O[C@H]2CC[C@H](C(=O)O)CC2)(C(=O)Cc2cc(Cl)c(NC(=O)c3coc4ccccc34)cc2Cl)N2CCCC2)C1. The minimum absolute atomic E-state index is 0.0144. The molecule has 2 N–H and O–H groups in total. The van der Waals surface area contributed by atoms with Crippen molar-refractivity contribution < 1.29 is 33.4 Å². The van der Waals surface area contributed by atoms with Gasteiger partial charge in [0, 0.05) is 50.1 Å². The van der Waals surface area contributed by atoms with Crippen molar-refractivity contribution in [2.45, 2.75) is 63.0 Å². The summed E-state index contributed by atoms with van der Waals surface area (Å²) in [6, 6.07) is 10.4. The molecule has 12 heteroatoms. The Balaban J connectivity index is 1.25. The summed E-state index contributed by atoms with van der Waals surface area (Å²) >= 11 is 13.4. The lowest BCUT2D eigenvalue weighted by Gasteiger charge is -2.55. The first-order valence-corrected chi connectivity index (χ1v) is 16.2. The van der Waals surface area contributed by atoms with E-state index in [9.17, 15) is 19.5 Å². The van der Waals surface area contributed by atoms with Crippen molar-refractivity contribution >= 4 is 57.5 Å². The van der Waals surface area contributed by atoms with E-state index >= 15 is 0 Å². The first-order valence-electron chi connectivity index (χ1n) is 15.4. The molecule has 1 unspecified atom stereocenters. The number of carboxylic acids is 1. The van der Waals surface area contributed by atoms with E-state index < -0.39 is 23.6 Å². The smallest absolute Gasteiger partial charge is 0.306 e. The number of fused-ring (bicyclic) bond motifs is 1. The van der Waals surface area contributed by atoms with Gasteiger partial charge in [0.05, 0.1) is 34.4 Å². The second-order valence-corrected chi connectivity index (χ2v) is 12.9. The number of hydrogen-bond donors (Lipinski definition) is 2. The van der Waals surface area contributed by atoms with Gasteiger partial charge in [-0.3, -0.25) is 24.2 Å². The van der Waals surface area contributed by atoms with Crippen molar-refractivity contribution in [1.82, 2.24) is 9.80 Å². The van der Waals surface area contributed by atoms with Gasteiger partial charge in [0.25, 0.3) is 5.91 Å². The fraction of sp³-hybridized carbons (Fsp3) is 0.485. The number of likely N-dealkylation sites (tertiary alicyclic amines) is 2. The average Bonchev–Trinajstić information content (AvgIpc) is 3.70. The molecule has 1 atom stereocenters. The molecule has 10 nitrogen and oxygen atoms in total. The van der Waals surface area contributed by atoms with Crippen LogP contribution in [0.5, 0.6) is 0 Å². The molecular weight excluding hydrogens is 621 g/mol. The number of benzene rings is 2. The number of halogens is 2. The topological polar surface area (TPSA) is 122 Å². The van der Waals surface area contributed by atoms with Gasteiger partial charge in [-0.15, -0.1) is 0 Å². The number of methoxy groups -OCH3 is 1. The highest BCUT2D eigenvalue weighted by molar-refractivity contribution is 6.36. The number of nitrogens with one attached hydrogen (secondary N) is 1. The lowest BCUT2D eigenvalue weighted by molar-refractivity contribution is -0.282. The number of ether oxygens (including phenoxy) is 2. The number of nitrogens with zero attached hydrogens (tertiary/aromatic N) is 2. The Morgan fingerprint density at radius 2 is 1.71 bits per heavy atom. The number of amides is 1. The summed E-state index contributed by atoms with van der Waals surface area (Å²) in [5.74, 6) is -3.08. The van der Waals surface area contributed by atoms with Crippen LogP contribution in [0.4, 0.5) is 5.69 Å². The Bertz CT molecular complexity index is 1580. The first kappa shape index (κ1) is 32.0. The van der Waals surface area contributed by atoms with E-state index in [1.165, 1.54) is 6.26 Å². The van der Waals surface area contributed by atoms with Gasteiger partial charge in [-0.1, -0.05) is 41.4 Å². The molecule has 0 bridgehead atoms. The van der Waals surface area contributed by atoms with Crippen LogP contribution in [0, 0.1) is 5.92 Å². The number of Topliss-reactive ketones (excluding diaryl/α,β-unsaturated/α-hetero) is 1. The van der Waals surface area contributed by atoms with Gasteiger partial charge in [-0.25, -0.2) is 0 Å². The minimum atomic E-state index is -1.34. The molecule has 6 rings (SSSR count). The number of carboxylic acid groups (broad SMARTS) is 1. The highest BCUT2D eigenvalue weighted by Gasteiger charge is 2.56. The third-order valence-electron chi connectivity index (χ3n) is 9.32. The molecule has 2 aromatic carbocycles. The summed E-state index contributed by atoms with van der Waals surface area (Å²) in [5, 5.41) is 13.5. The molecule has 2 aliphatic heterocycles. The Morgan fingerprint density at radius 3 is 2.40 bits per heavy atom. The number of carbonyl (C=O) groups is 3. The lowest BCUT2D eigenvalue weighted by Crippen LogP contribution is -2.74. The Labute approximate surface area is 271 Å². The fourth-order valence-corrected chi connectivity index (χ4v) is 7.20. The normalized spacial score (nSPS) is 22.6. The predicted molar refractivity (Wildman–Crippen MR) is 170 cm³/mol. The standard InChI is InChI=1S/C33H37Cl2N3O7/c1-43-23-17-38(18-23)33(37-12-4-5-13-37,45-22-10-8-20(9-11-22)32(41)42)30(39)15-21-14-27(35)28(16-26(21)34)36-31(40)25-19-44-29-7-3-2-6-24(25)29/h2-3,6-7,14,16,19-20,22-23H,4-5,8-13,15,17-18H2,1H3,(H,36,40)(H,41,42)/t20-,22-,33?. The van der Waals surface area contributed by atoms with Crippen LogP contribution in [0.15, 0.2) is 47.1 Å². The quantitative estimate of drug-likeness (QED) is 0.262. The van der Waals surface area contributed by atoms with Crippen LogP contribution in [0.3, 0.4) is 0 Å². The largest absolute Gasteiger partial charge is 0.481 e. The predicted octanol–water partition coefficient (Wildman–Crippen LogP) is 5.84. The van der Waals surface area contributed by atoms with Gasteiger partial charge in [-0.2, -0.15) is 0 Å². The van der Waals surface area contributed by atoms with Gasteiger partial charge < -0.3 is 24.3 Å². The zero-order valence-electron chi connectivity index (χ0n) is 25.1. The number of rotatable bonds is 11. The van der Waals surface area contributed by atoms with Crippen LogP contribution in [-0.2, 0) is 25.5 Å². The van der Waals surface area contributed by atoms with Crippen LogP contribution in [0.1, 0.15) is 54.4 Å². The van der Waals surface area contributed by atoms with Crippen LogP contribution in [0.25, 0.3) is 11.0 Å². The summed E-state index contributed by atoms with van der Waals surface area (Å²) < 4.78 is 17.9. The summed E-state index contributed by atoms with van der Waals surface area (Å²) in [6.45, 7) is 2.47. The van der Waals surface area contributed by atoms with Crippen LogP contribution in [0.2, 0.25) is 10.0 Å². The molecule has 1 aromatic heterocycles. The average molecular weight is 659 g/mol. The van der Waals surface area contributed by atoms with E-state index in [0.717, 1.165) is 12.8 Å². The monoisotopic (exact) mass is 657 g/mol.